The van der Waals surface area contributed by atoms with Crippen LogP contribution in [0.15, 0.2) is 12.5 Å². The Kier molecular flexibility index (Phi) is 4.67. The van der Waals surface area contributed by atoms with Gasteiger partial charge in [-0.3, -0.25) is 4.79 Å². The highest BCUT2D eigenvalue weighted by atomic mass is 16.4. The number of carboxylic acid groups (broad SMARTS) is 1. The van der Waals surface area contributed by atoms with Crippen molar-refractivity contribution in [1.82, 2.24) is 14.9 Å². The van der Waals surface area contributed by atoms with Crippen LogP contribution in [0.25, 0.3) is 0 Å². The monoisotopic (exact) mass is 346 g/mol. The Bertz CT molecular complexity index is 644. The van der Waals surface area contributed by atoms with Crippen LogP contribution in [0.4, 0.5) is 5.82 Å². The van der Waals surface area contributed by atoms with Crippen LogP contribution in [0.5, 0.6) is 0 Å². The average molecular weight is 346 g/mol. The van der Waals surface area contributed by atoms with Gasteiger partial charge >= 0.3 is 5.97 Å². The maximum atomic E-state index is 11.8. The molecule has 136 valence electrons. The zero-order valence-corrected chi connectivity index (χ0v) is 15.1. The average Bonchev–Trinajstić information content (AvgIpc) is 2.95. The van der Waals surface area contributed by atoms with Crippen molar-refractivity contribution >= 4 is 17.7 Å². The van der Waals surface area contributed by atoms with Crippen LogP contribution in [0.1, 0.15) is 51.5 Å². The van der Waals surface area contributed by atoms with Crippen molar-refractivity contribution in [3.05, 3.63) is 18.1 Å². The Morgan fingerprint density at radius 2 is 2.00 bits per heavy atom. The molecule has 3 heterocycles. The lowest BCUT2D eigenvalue weighted by Gasteiger charge is -2.40. The first-order chi connectivity index (χ1) is 11.8. The molecule has 1 N–H and O–H groups in total. The van der Waals surface area contributed by atoms with Crippen LogP contribution in [0.3, 0.4) is 0 Å². The van der Waals surface area contributed by atoms with E-state index in [1.807, 2.05) is 6.20 Å². The van der Waals surface area contributed by atoms with Gasteiger partial charge in [-0.2, -0.15) is 0 Å². The number of carbonyl (C=O) groups excluding carboxylic acids is 1. The minimum atomic E-state index is -0.896. The Morgan fingerprint density at radius 3 is 2.52 bits per heavy atom. The van der Waals surface area contributed by atoms with E-state index in [0.717, 1.165) is 37.3 Å². The third-order valence-electron chi connectivity index (χ3n) is 5.66. The van der Waals surface area contributed by atoms with Gasteiger partial charge in [0, 0.05) is 38.3 Å². The maximum Gasteiger partial charge on any atom is 0.326 e. The van der Waals surface area contributed by atoms with Crippen molar-refractivity contribution in [3.63, 3.8) is 0 Å². The molecule has 1 aromatic rings. The molecule has 25 heavy (non-hydrogen) atoms. The summed E-state index contributed by atoms with van der Waals surface area (Å²) in [6.45, 7) is 7.93. The summed E-state index contributed by atoms with van der Waals surface area (Å²) in [6.07, 6.45) is 5.77. The Labute approximate surface area is 148 Å². The standard InChI is InChI=1S/C18H26N4O3/c1-12(2)14-9-19-11-20-16(14)21-6-4-18(5-7-21)8-15(17(24)25)22(10-18)13(3)23/h9,11-12,15H,4-8,10H2,1-3H3,(H,24,25). The van der Waals surface area contributed by atoms with Gasteiger partial charge in [0.2, 0.25) is 5.91 Å². The second-order valence-electron chi connectivity index (χ2n) is 7.65. The molecule has 0 bridgehead atoms. The molecule has 1 unspecified atom stereocenters. The first-order valence-electron chi connectivity index (χ1n) is 8.88. The molecule has 0 radical (unpaired) electrons. The zero-order chi connectivity index (χ0) is 18.2. The molecule has 0 aromatic carbocycles. The SMILES string of the molecule is CC(=O)N1CC2(CCN(c3ncncc3C(C)C)CC2)CC1C(=O)O. The number of piperidine rings is 1. The second kappa shape index (κ2) is 6.61. The van der Waals surface area contributed by atoms with E-state index in [4.69, 9.17) is 0 Å². The molecular weight excluding hydrogens is 320 g/mol. The van der Waals surface area contributed by atoms with E-state index in [9.17, 15) is 14.7 Å². The molecule has 7 nitrogen and oxygen atoms in total. The van der Waals surface area contributed by atoms with Crippen LogP contribution in [0.2, 0.25) is 0 Å². The van der Waals surface area contributed by atoms with E-state index in [-0.39, 0.29) is 11.3 Å². The number of hydrogen-bond donors (Lipinski definition) is 1. The quantitative estimate of drug-likeness (QED) is 0.899. The van der Waals surface area contributed by atoms with Gasteiger partial charge in [0.25, 0.3) is 0 Å². The van der Waals surface area contributed by atoms with Crippen LogP contribution in [-0.4, -0.2) is 57.5 Å². The minimum Gasteiger partial charge on any atom is -0.480 e. The summed E-state index contributed by atoms with van der Waals surface area (Å²) in [7, 11) is 0. The van der Waals surface area contributed by atoms with Crippen LogP contribution < -0.4 is 4.90 Å². The van der Waals surface area contributed by atoms with E-state index in [1.54, 1.807) is 6.33 Å². The first kappa shape index (κ1) is 17.6. The number of rotatable bonds is 3. The zero-order valence-electron chi connectivity index (χ0n) is 15.1. The van der Waals surface area contributed by atoms with Gasteiger partial charge in [-0.15, -0.1) is 0 Å². The van der Waals surface area contributed by atoms with Gasteiger partial charge in [-0.1, -0.05) is 13.8 Å². The Hall–Kier alpha value is -2.18. The van der Waals surface area contributed by atoms with Gasteiger partial charge in [0.15, 0.2) is 0 Å². The third kappa shape index (κ3) is 3.32. The lowest BCUT2D eigenvalue weighted by Crippen LogP contribution is -2.43. The fourth-order valence-electron chi connectivity index (χ4n) is 4.17. The molecule has 1 atom stereocenters. The molecule has 1 amide bonds. The summed E-state index contributed by atoms with van der Waals surface area (Å²) in [5, 5.41) is 9.45. The van der Waals surface area contributed by atoms with Gasteiger partial charge in [-0.25, -0.2) is 14.8 Å². The van der Waals surface area contributed by atoms with Crippen molar-refractivity contribution in [2.24, 2.45) is 5.41 Å². The summed E-state index contributed by atoms with van der Waals surface area (Å²) >= 11 is 0. The topological polar surface area (TPSA) is 86.6 Å². The number of likely N-dealkylation sites (tertiary alicyclic amines) is 1. The van der Waals surface area contributed by atoms with Crippen molar-refractivity contribution < 1.29 is 14.7 Å². The van der Waals surface area contributed by atoms with Crippen LogP contribution >= 0.6 is 0 Å². The molecule has 2 fully saturated rings. The minimum absolute atomic E-state index is 0.0871. The van der Waals surface area contributed by atoms with Crippen molar-refractivity contribution in [2.45, 2.75) is 52.0 Å². The van der Waals surface area contributed by atoms with E-state index < -0.39 is 12.0 Å². The molecule has 2 aliphatic rings. The summed E-state index contributed by atoms with van der Waals surface area (Å²) < 4.78 is 0. The second-order valence-corrected chi connectivity index (χ2v) is 7.65. The number of hydrogen-bond acceptors (Lipinski definition) is 5. The summed E-state index contributed by atoms with van der Waals surface area (Å²) in [4.78, 5) is 35.8. The van der Waals surface area contributed by atoms with Crippen molar-refractivity contribution in [2.75, 3.05) is 24.5 Å². The molecule has 2 aliphatic heterocycles. The lowest BCUT2D eigenvalue weighted by molar-refractivity contribution is -0.147. The van der Waals surface area contributed by atoms with Crippen molar-refractivity contribution in [1.29, 1.82) is 0 Å². The van der Waals surface area contributed by atoms with Gasteiger partial charge in [0.05, 0.1) is 0 Å². The first-order valence-corrected chi connectivity index (χ1v) is 8.88. The van der Waals surface area contributed by atoms with E-state index in [2.05, 4.69) is 28.7 Å². The predicted molar refractivity (Wildman–Crippen MR) is 93.4 cm³/mol. The van der Waals surface area contributed by atoms with E-state index in [1.165, 1.54) is 11.8 Å². The molecule has 0 aliphatic carbocycles. The molecule has 1 spiro atoms. The highest BCUT2D eigenvalue weighted by molar-refractivity contribution is 5.83. The molecular formula is C18H26N4O3. The molecule has 0 saturated carbocycles. The highest BCUT2D eigenvalue weighted by Gasteiger charge is 2.49. The number of anilines is 1. The lowest BCUT2D eigenvalue weighted by atomic mass is 9.76. The largest absolute Gasteiger partial charge is 0.480 e. The van der Waals surface area contributed by atoms with E-state index in [0.29, 0.717) is 18.9 Å². The van der Waals surface area contributed by atoms with Gasteiger partial charge in [0.1, 0.15) is 18.2 Å². The van der Waals surface area contributed by atoms with Crippen molar-refractivity contribution in [3.8, 4) is 0 Å². The van der Waals surface area contributed by atoms with Crippen LogP contribution in [0, 0.1) is 5.41 Å². The van der Waals surface area contributed by atoms with E-state index >= 15 is 0 Å². The Morgan fingerprint density at radius 1 is 1.32 bits per heavy atom. The molecule has 1 aromatic heterocycles. The molecule has 7 heteroatoms. The normalized spacial score (nSPS) is 22.6. The third-order valence-corrected chi connectivity index (χ3v) is 5.66. The summed E-state index contributed by atoms with van der Waals surface area (Å²) in [6, 6.07) is -0.686. The fraction of sp³-hybridized carbons (Fsp3) is 0.667. The van der Waals surface area contributed by atoms with Crippen LogP contribution in [-0.2, 0) is 9.59 Å². The number of aromatic nitrogens is 2. The number of aliphatic carboxylic acids is 1. The Balaban J connectivity index is 1.74. The fourth-order valence-corrected chi connectivity index (χ4v) is 4.17. The molecule has 2 saturated heterocycles. The summed E-state index contributed by atoms with van der Waals surface area (Å²) in [5.41, 5.74) is 1.05. The smallest absolute Gasteiger partial charge is 0.326 e. The number of carbonyl (C=O) groups is 2. The maximum absolute atomic E-state index is 11.8. The molecule has 3 rings (SSSR count). The highest BCUT2D eigenvalue weighted by Crippen LogP contribution is 2.44. The van der Waals surface area contributed by atoms with Gasteiger partial charge in [-0.05, 0) is 30.6 Å². The predicted octanol–water partition coefficient (Wildman–Crippen LogP) is 1.89. The van der Waals surface area contributed by atoms with Gasteiger partial charge < -0.3 is 14.9 Å². The number of carboxylic acids is 1. The summed E-state index contributed by atoms with van der Waals surface area (Å²) in [5.74, 6) is 0.288. The number of nitrogens with zero attached hydrogens (tertiary/aromatic N) is 4. The number of amides is 1.